The third-order valence-corrected chi connectivity index (χ3v) is 2.88. The van der Waals surface area contributed by atoms with E-state index in [9.17, 15) is 4.79 Å². The second-order valence-electron chi connectivity index (χ2n) is 3.31. The molecule has 0 fully saturated rings. The molecular weight excluding hydrogens is 208 g/mol. The molecule has 1 aromatic carbocycles. The average molecular weight is 224 g/mol. The summed E-state index contributed by atoms with van der Waals surface area (Å²) in [6.07, 6.45) is 1.96. The normalized spacial score (nSPS) is 12.2. The number of nitrogens with one attached hydrogen (secondary N) is 1. The molecule has 0 heterocycles. The van der Waals surface area contributed by atoms with E-state index in [0.29, 0.717) is 12.1 Å². The highest BCUT2D eigenvalue weighted by molar-refractivity contribution is 7.98. The maximum atomic E-state index is 11.8. The van der Waals surface area contributed by atoms with Gasteiger partial charge in [-0.1, -0.05) is 12.1 Å². The zero-order valence-electron chi connectivity index (χ0n) is 8.99. The van der Waals surface area contributed by atoms with Crippen LogP contribution in [0.1, 0.15) is 17.3 Å². The van der Waals surface area contributed by atoms with Crippen molar-refractivity contribution in [2.45, 2.75) is 17.9 Å². The highest BCUT2D eigenvalue weighted by Gasteiger charge is 2.11. The number of amides is 1. The molecule has 4 heteroatoms. The number of thioether (sulfide) groups is 1. The van der Waals surface area contributed by atoms with Gasteiger partial charge in [-0.05, 0) is 25.3 Å². The molecule has 0 aliphatic carbocycles. The number of nitrogens with two attached hydrogens (primary N) is 1. The molecule has 0 radical (unpaired) electrons. The second-order valence-corrected chi connectivity index (χ2v) is 4.16. The highest BCUT2D eigenvalue weighted by atomic mass is 32.2. The molecule has 1 amide bonds. The van der Waals surface area contributed by atoms with Crippen LogP contribution in [0.4, 0.5) is 0 Å². The molecule has 0 saturated carbocycles. The smallest absolute Gasteiger partial charge is 0.252 e. The van der Waals surface area contributed by atoms with Crippen LogP contribution in [0.5, 0.6) is 0 Å². The summed E-state index contributed by atoms with van der Waals surface area (Å²) in [6.45, 7) is 2.34. The van der Waals surface area contributed by atoms with E-state index < -0.39 is 0 Å². The summed E-state index contributed by atoms with van der Waals surface area (Å²) in [7, 11) is 0. The Bertz CT molecular complexity index is 341. The zero-order chi connectivity index (χ0) is 11.3. The topological polar surface area (TPSA) is 55.1 Å². The van der Waals surface area contributed by atoms with Gasteiger partial charge >= 0.3 is 0 Å². The van der Waals surface area contributed by atoms with E-state index in [2.05, 4.69) is 5.32 Å². The minimum absolute atomic E-state index is 0.00686. The maximum Gasteiger partial charge on any atom is 0.252 e. The summed E-state index contributed by atoms with van der Waals surface area (Å²) in [4.78, 5) is 12.8. The molecule has 1 rings (SSSR count). The fourth-order valence-corrected chi connectivity index (χ4v) is 1.79. The van der Waals surface area contributed by atoms with E-state index in [4.69, 9.17) is 5.73 Å². The monoisotopic (exact) mass is 224 g/mol. The van der Waals surface area contributed by atoms with E-state index in [1.54, 1.807) is 11.8 Å². The van der Waals surface area contributed by atoms with Crippen molar-refractivity contribution in [1.29, 1.82) is 0 Å². The lowest BCUT2D eigenvalue weighted by Crippen LogP contribution is -2.37. The predicted octanol–water partition coefficient (Wildman–Crippen LogP) is 1.49. The summed E-state index contributed by atoms with van der Waals surface area (Å²) in [5.74, 6) is -0.0575. The molecule has 0 aliphatic heterocycles. The molecule has 0 unspecified atom stereocenters. The summed E-state index contributed by atoms with van der Waals surface area (Å²) < 4.78 is 0. The van der Waals surface area contributed by atoms with Gasteiger partial charge < -0.3 is 11.1 Å². The van der Waals surface area contributed by atoms with Crippen molar-refractivity contribution >= 4 is 17.7 Å². The Hall–Kier alpha value is -1.00. The van der Waals surface area contributed by atoms with Gasteiger partial charge in [-0.25, -0.2) is 0 Å². The molecule has 3 N–H and O–H groups in total. The second kappa shape index (κ2) is 5.78. The molecule has 15 heavy (non-hydrogen) atoms. The van der Waals surface area contributed by atoms with Crippen LogP contribution >= 0.6 is 11.8 Å². The van der Waals surface area contributed by atoms with Crippen molar-refractivity contribution < 1.29 is 4.79 Å². The first-order valence-corrected chi connectivity index (χ1v) is 6.05. The maximum absolute atomic E-state index is 11.8. The first-order chi connectivity index (χ1) is 7.19. The Balaban J connectivity index is 2.81. The van der Waals surface area contributed by atoms with Crippen molar-refractivity contribution in [1.82, 2.24) is 5.32 Å². The number of hydrogen-bond donors (Lipinski definition) is 2. The predicted molar refractivity (Wildman–Crippen MR) is 64.2 cm³/mol. The Morgan fingerprint density at radius 1 is 1.53 bits per heavy atom. The Labute approximate surface area is 94.4 Å². The number of hydrogen-bond acceptors (Lipinski definition) is 3. The summed E-state index contributed by atoms with van der Waals surface area (Å²) >= 11 is 1.57. The van der Waals surface area contributed by atoms with Gasteiger partial charge in [-0.15, -0.1) is 11.8 Å². The van der Waals surface area contributed by atoms with Gasteiger partial charge in [0.2, 0.25) is 0 Å². The lowest BCUT2D eigenvalue weighted by molar-refractivity contribution is 0.0938. The van der Waals surface area contributed by atoms with Gasteiger partial charge in [-0.2, -0.15) is 0 Å². The van der Waals surface area contributed by atoms with Crippen LogP contribution in [0.2, 0.25) is 0 Å². The van der Waals surface area contributed by atoms with Crippen molar-refractivity contribution in [3.05, 3.63) is 29.8 Å². The first-order valence-electron chi connectivity index (χ1n) is 4.83. The van der Waals surface area contributed by atoms with Crippen LogP contribution in [0, 0.1) is 0 Å². The largest absolute Gasteiger partial charge is 0.348 e. The summed E-state index contributed by atoms with van der Waals surface area (Å²) in [5.41, 5.74) is 6.16. The number of carbonyl (C=O) groups excluding carboxylic acids is 1. The fourth-order valence-electron chi connectivity index (χ4n) is 1.19. The van der Waals surface area contributed by atoms with E-state index in [-0.39, 0.29) is 11.9 Å². The van der Waals surface area contributed by atoms with E-state index in [1.165, 1.54) is 0 Å². The lowest BCUT2D eigenvalue weighted by Gasteiger charge is -2.12. The van der Waals surface area contributed by atoms with E-state index in [0.717, 1.165) is 4.90 Å². The highest BCUT2D eigenvalue weighted by Crippen LogP contribution is 2.19. The number of benzene rings is 1. The van der Waals surface area contributed by atoms with Gasteiger partial charge in [0.05, 0.1) is 5.56 Å². The van der Waals surface area contributed by atoms with Crippen molar-refractivity contribution in [3.63, 3.8) is 0 Å². The van der Waals surface area contributed by atoms with Crippen LogP contribution in [0.3, 0.4) is 0 Å². The van der Waals surface area contributed by atoms with E-state index in [1.807, 2.05) is 37.4 Å². The van der Waals surface area contributed by atoms with Crippen LogP contribution in [0.15, 0.2) is 29.2 Å². The standard InChI is InChI=1S/C11H16N2OS/c1-8(7-12)13-11(14)9-5-3-4-6-10(9)15-2/h3-6,8H,7,12H2,1-2H3,(H,13,14)/t8-/m0/s1. The fraction of sp³-hybridized carbons (Fsp3) is 0.364. The van der Waals surface area contributed by atoms with Gasteiger partial charge in [0, 0.05) is 17.5 Å². The third kappa shape index (κ3) is 3.25. The molecule has 1 atom stereocenters. The molecule has 0 bridgehead atoms. The van der Waals surface area contributed by atoms with Gasteiger partial charge in [-0.3, -0.25) is 4.79 Å². The minimum atomic E-state index is -0.0575. The van der Waals surface area contributed by atoms with E-state index >= 15 is 0 Å². The Morgan fingerprint density at radius 2 is 2.20 bits per heavy atom. The minimum Gasteiger partial charge on any atom is -0.348 e. The first kappa shape index (κ1) is 12.1. The SMILES string of the molecule is CSc1ccccc1C(=O)N[C@@H](C)CN. The van der Waals surface area contributed by atoms with Crippen molar-refractivity contribution in [2.75, 3.05) is 12.8 Å². The molecule has 0 aliphatic rings. The molecule has 0 spiro atoms. The molecule has 0 saturated heterocycles. The number of carbonyl (C=O) groups is 1. The van der Waals surface area contributed by atoms with Crippen LogP contribution in [-0.2, 0) is 0 Å². The molecule has 3 nitrogen and oxygen atoms in total. The molecule has 0 aromatic heterocycles. The van der Waals surface area contributed by atoms with Gasteiger partial charge in [0.25, 0.3) is 5.91 Å². The Kier molecular flexibility index (Phi) is 4.65. The average Bonchev–Trinajstić information content (AvgIpc) is 2.28. The van der Waals surface area contributed by atoms with Crippen LogP contribution in [0.25, 0.3) is 0 Å². The summed E-state index contributed by atoms with van der Waals surface area (Å²) in [5, 5.41) is 2.84. The Morgan fingerprint density at radius 3 is 2.80 bits per heavy atom. The molecule has 82 valence electrons. The van der Waals surface area contributed by atoms with Crippen LogP contribution in [-0.4, -0.2) is 24.7 Å². The number of rotatable bonds is 4. The summed E-state index contributed by atoms with van der Waals surface area (Å²) in [6, 6.07) is 7.56. The van der Waals surface area contributed by atoms with Crippen LogP contribution < -0.4 is 11.1 Å². The van der Waals surface area contributed by atoms with Gasteiger partial charge in [0.15, 0.2) is 0 Å². The molecular formula is C11H16N2OS. The lowest BCUT2D eigenvalue weighted by atomic mass is 10.2. The van der Waals surface area contributed by atoms with Crippen molar-refractivity contribution in [3.8, 4) is 0 Å². The quantitative estimate of drug-likeness (QED) is 0.762. The molecule has 1 aromatic rings. The van der Waals surface area contributed by atoms with Crippen molar-refractivity contribution in [2.24, 2.45) is 5.73 Å². The van der Waals surface area contributed by atoms with Gasteiger partial charge in [0.1, 0.15) is 0 Å². The zero-order valence-corrected chi connectivity index (χ0v) is 9.80. The third-order valence-electron chi connectivity index (χ3n) is 2.08.